The molecule has 12 heavy (non-hydrogen) atoms. The third-order valence-electron chi connectivity index (χ3n) is 1.36. The first-order chi connectivity index (χ1) is 5.65. The summed E-state index contributed by atoms with van der Waals surface area (Å²) in [4.78, 5) is 0. The van der Waals surface area contributed by atoms with Crippen molar-refractivity contribution in [3.05, 3.63) is 31.7 Å². The molecule has 0 saturated carbocycles. The summed E-state index contributed by atoms with van der Waals surface area (Å²) >= 11 is 12.5. The van der Waals surface area contributed by atoms with Gasteiger partial charge in [0.2, 0.25) is 0 Å². The van der Waals surface area contributed by atoms with Gasteiger partial charge in [-0.3, -0.25) is 0 Å². The maximum absolute atomic E-state index is 8.48. The minimum atomic E-state index is 0.369. The van der Waals surface area contributed by atoms with Gasteiger partial charge < -0.3 is 0 Å². The molecular formula is C8H4Br2ClN. The van der Waals surface area contributed by atoms with E-state index < -0.39 is 0 Å². The van der Waals surface area contributed by atoms with E-state index in [4.69, 9.17) is 16.9 Å². The zero-order valence-corrected chi connectivity index (χ0v) is 9.87. The zero-order chi connectivity index (χ0) is 9.14. The van der Waals surface area contributed by atoms with Crippen molar-refractivity contribution in [2.24, 2.45) is 0 Å². The number of nitriles is 1. The fraction of sp³-hybridized carbons (Fsp3) is 0.125. The molecular weight excluding hydrogens is 305 g/mol. The number of nitrogens with zero attached hydrogens (tertiary/aromatic N) is 1. The predicted octanol–water partition coefficient (Wildman–Crippen LogP) is 3.93. The van der Waals surface area contributed by atoms with Gasteiger partial charge in [-0.2, -0.15) is 5.26 Å². The quantitative estimate of drug-likeness (QED) is 0.721. The van der Waals surface area contributed by atoms with Crippen molar-refractivity contribution in [3.63, 3.8) is 0 Å². The fourth-order valence-corrected chi connectivity index (χ4v) is 2.10. The second-order valence-corrected chi connectivity index (χ2v) is 4.31. The van der Waals surface area contributed by atoms with Crippen molar-refractivity contribution in [1.29, 1.82) is 5.26 Å². The minimum absolute atomic E-state index is 0.369. The Bertz CT molecular complexity index is 344. The Kier molecular flexibility index (Phi) is 3.57. The molecule has 1 rings (SSSR count). The van der Waals surface area contributed by atoms with Gasteiger partial charge >= 0.3 is 0 Å². The molecule has 1 aromatic carbocycles. The highest BCUT2D eigenvalue weighted by molar-refractivity contribution is 9.11. The van der Waals surface area contributed by atoms with Gasteiger partial charge in [-0.25, -0.2) is 0 Å². The van der Waals surface area contributed by atoms with E-state index in [0.717, 1.165) is 14.5 Å². The van der Waals surface area contributed by atoms with Crippen LogP contribution >= 0.6 is 43.5 Å². The molecule has 0 aliphatic carbocycles. The summed E-state index contributed by atoms with van der Waals surface area (Å²) in [5, 5.41) is 9.11. The van der Waals surface area contributed by atoms with Gasteiger partial charge in [-0.05, 0) is 33.6 Å². The van der Waals surface area contributed by atoms with Crippen molar-refractivity contribution in [3.8, 4) is 6.07 Å². The normalized spacial score (nSPS) is 9.50. The van der Waals surface area contributed by atoms with Crippen molar-refractivity contribution < 1.29 is 0 Å². The number of hydrogen-bond acceptors (Lipinski definition) is 1. The van der Waals surface area contributed by atoms with Gasteiger partial charge in [0, 0.05) is 8.95 Å². The Morgan fingerprint density at radius 3 is 2.58 bits per heavy atom. The van der Waals surface area contributed by atoms with Crippen LogP contribution in [0.15, 0.2) is 21.1 Å². The number of hydrogen-bond donors (Lipinski definition) is 0. The molecule has 0 heterocycles. The molecule has 0 saturated heterocycles. The van der Waals surface area contributed by atoms with E-state index in [0.29, 0.717) is 11.4 Å². The summed E-state index contributed by atoms with van der Waals surface area (Å²) in [6, 6.07) is 5.69. The highest BCUT2D eigenvalue weighted by Crippen LogP contribution is 2.29. The lowest BCUT2D eigenvalue weighted by Gasteiger charge is -2.02. The molecule has 0 atom stereocenters. The van der Waals surface area contributed by atoms with Gasteiger partial charge in [-0.1, -0.05) is 27.5 Å². The lowest BCUT2D eigenvalue weighted by Crippen LogP contribution is -1.84. The second kappa shape index (κ2) is 4.27. The first-order valence-electron chi connectivity index (χ1n) is 3.15. The minimum Gasteiger partial charge on any atom is -0.198 e. The summed E-state index contributed by atoms with van der Waals surface area (Å²) in [5.74, 6) is 0. The molecule has 0 aliphatic rings. The summed E-state index contributed by atoms with van der Waals surface area (Å²) in [7, 11) is 0. The third-order valence-corrected chi connectivity index (χ3v) is 3.29. The molecule has 62 valence electrons. The lowest BCUT2D eigenvalue weighted by atomic mass is 10.2. The summed E-state index contributed by atoms with van der Waals surface area (Å²) in [6.07, 6.45) is 0.369. The van der Waals surface area contributed by atoms with Gasteiger partial charge in [0.25, 0.3) is 0 Å². The van der Waals surface area contributed by atoms with E-state index >= 15 is 0 Å². The first kappa shape index (κ1) is 10.0. The Morgan fingerprint density at radius 2 is 2.00 bits per heavy atom. The maximum Gasteiger partial charge on any atom is 0.0670 e. The number of rotatable bonds is 1. The molecule has 0 spiro atoms. The van der Waals surface area contributed by atoms with Crippen LogP contribution < -0.4 is 0 Å². The van der Waals surface area contributed by atoms with Gasteiger partial charge in [0.05, 0.1) is 17.5 Å². The lowest BCUT2D eigenvalue weighted by molar-refractivity contribution is 1.24. The van der Waals surface area contributed by atoms with E-state index in [2.05, 4.69) is 37.9 Å². The average Bonchev–Trinajstić information content (AvgIpc) is 2.01. The summed E-state index contributed by atoms with van der Waals surface area (Å²) in [6.45, 7) is 0. The predicted molar refractivity (Wildman–Crippen MR) is 56.2 cm³/mol. The van der Waals surface area contributed by atoms with E-state index in [-0.39, 0.29) is 0 Å². The Labute approximate surface area is 92.6 Å². The zero-order valence-electron chi connectivity index (χ0n) is 5.94. The van der Waals surface area contributed by atoms with Crippen molar-refractivity contribution in [2.45, 2.75) is 6.42 Å². The Hall–Kier alpha value is -0.0400. The van der Waals surface area contributed by atoms with Crippen LogP contribution in [0.2, 0.25) is 5.02 Å². The highest BCUT2D eigenvalue weighted by Gasteiger charge is 2.03. The highest BCUT2D eigenvalue weighted by atomic mass is 79.9. The Morgan fingerprint density at radius 1 is 1.33 bits per heavy atom. The average molecular weight is 309 g/mol. The molecule has 0 fully saturated rings. The van der Waals surface area contributed by atoms with Crippen LogP contribution in [0.3, 0.4) is 0 Å². The molecule has 0 aliphatic heterocycles. The van der Waals surface area contributed by atoms with E-state index in [9.17, 15) is 0 Å². The van der Waals surface area contributed by atoms with Crippen LogP contribution in [0, 0.1) is 11.3 Å². The molecule has 0 N–H and O–H groups in total. The van der Waals surface area contributed by atoms with Crippen LogP contribution in [0.1, 0.15) is 5.56 Å². The van der Waals surface area contributed by atoms with Crippen LogP contribution in [0.25, 0.3) is 0 Å². The fourth-order valence-electron chi connectivity index (χ4n) is 0.784. The number of halogens is 3. The van der Waals surface area contributed by atoms with E-state index in [1.807, 2.05) is 6.07 Å². The maximum atomic E-state index is 8.48. The summed E-state index contributed by atoms with van der Waals surface area (Å²) < 4.78 is 1.73. The molecule has 0 unspecified atom stereocenters. The van der Waals surface area contributed by atoms with Crippen LogP contribution in [-0.2, 0) is 6.42 Å². The molecule has 0 amide bonds. The third kappa shape index (κ3) is 2.22. The molecule has 1 nitrogen and oxygen atoms in total. The van der Waals surface area contributed by atoms with Gasteiger partial charge in [0.1, 0.15) is 0 Å². The standard InChI is InChI=1S/C8H4Br2ClN/c9-6-4-7(10)8(11)3-5(6)1-2-12/h3-4H,1H2. The van der Waals surface area contributed by atoms with Crippen molar-refractivity contribution >= 4 is 43.5 Å². The monoisotopic (exact) mass is 307 g/mol. The Balaban J connectivity index is 3.16. The first-order valence-corrected chi connectivity index (χ1v) is 5.12. The van der Waals surface area contributed by atoms with Crippen LogP contribution in [0.4, 0.5) is 0 Å². The molecule has 0 radical (unpaired) electrons. The SMILES string of the molecule is N#CCc1cc(Cl)c(Br)cc1Br. The molecule has 4 heteroatoms. The van der Waals surface area contributed by atoms with Crippen LogP contribution in [-0.4, -0.2) is 0 Å². The van der Waals surface area contributed by atoms with Gasteiger partial charge in [-0.15, -0.1) is 0 Å². The van der Waals surface area contributed by atoms with E-state index in [1.54, 1.807) is 6.07 Å². The van der Waals surface area contributed by atoms with Crippen molar-refractivity contribution in [1.82, 2.24) is 0 Å². The smallest absolute Gasteiger partial charge is 0.0670 e. The second-order valence-electron chi connectivity index (χ2n) is 2.19. The molecule has 0 bridgehead atoms. The van der Waals surface area contributed by atoms with E-state index in [1.165, 1.54) is 0 Å². The molecule has 0 aromatic heterocycles. The van der Waals surface area contributed by atoms with Gasteiger partial charge in [0.15, 0.2) is 0 Å². The summed E-state index contributed by atoms with van der Waals surface area (Å²) in [5.41, 5.74) is 0.908. The largest absolute Gasteiger partial charge is 0.198 e. The molecule has 1 aromatic rings. The number of benzene rings is 1. The van der Waals surface area contributed by atoms with Crippen LogP contribution in [0.5, 0.6) is 0 Å². The topological polar surface area (TPSA) is 23.8 Å². The van der Waals surface area contributed by atoms with Crippen molar-refractivity contribution in [2.75, 3.05) is 0 Å².